The first kappa shape index (κ1) is 20.9. The Kier molecular flexibility index (Phi) is 7.63. The summed E-state index contributed by atoms with van der Waals surface area (Å²) in [6.45, 7) is 1.98. The summed E-state index contributed by atoms with van der Waals surface area (Å²) in [6, 6.07) is 12.5. The first-order valence-corrected chi connectivity index (χ1v) is 10.6. The fourth-order valence-electron chi connectivity index (χ4n) is 2.95. The number of carbonyl (C=O) groups is 3. The van der Waals surface area contributed by atoms with Crippen molar-refractivity contribution in [3.63, 3.8) is 0 Å². The standard InChI is InChI=1S/C21H24N4O3S/c26-18(24-21(28)23-14-16-6-2-1-3-7-16)10-13-29-19-9-8-17(15-22-19)20(27)25-11-4-5-12-25/h1-3,6-9,15H,4-5,10-14H2,(H2,23,24,26,28). The molecule has 0 atom stereocenters. The van der Waals surface area contributed by atoms with Crippen LogP contribution in [0.15, 0.2) is 53.7 Å². The van der Waals surface area contributed by atoms with Gasteiger partial charge in [-0.3, -0.25) is 14.9 Å². The van der Waals surface area contributed by atoms with Crippen molar-refractivity contribution in [2.24, 2.45) is 0 Å². The first-order chi connectivity index (χ1) is 14.1. The molecule has 0 spiro atoms. The summed E-state index contributed by atoms with van der Waals surface area (Å²) in [7, 11) is 0. The number of nitrogens with one attached hydrogen (secondary N) is 2. The molecule has 2 heterocycles. The molecule has 2 N–H and O–H groups in total. The molecule has 0 saturated carbocycles. The quantitative estimate of drug-likeness (QED) is 0.683. The molecule has 1 saturated heterocycles. The SMILES string of the molecule is O=C(CCSc1ccc(C(=O)N2CCCC2)cn1)NC(=O)NCc1ccccc1. The van der Waals surface area contributed by atoms with Gasteiger partial charge in [-0.05, 0) is 30.5 Å². The van der Waals surface area contributed by atoms with E-state index >= 15 is 0 Å². The number of nitrogens with zero attached hydrogens (tertiary/aromatic N) is 2. The molecule has 0 radical (unpaired) electrons. The van der Waals surface area contributed by atoms with E-state index in [1.165, 1.54) is 11.8 Å². The molecule has 1 aliphatic heterocycles. The van der Waals surface area contributed by atoms with Crippen LogP contribution in [0.5, 0.6) is 0 Å². The van der Waals surface area contributed by atoms with Gasteiger partial charge in [-0.25, -0.2) is 9.78 Å². The Labute approximate surface area is 174 Å². The van der Waals surface area contributed by atoms with Crippen molar-refractivity contribution in [2.75, 3.05) is 18.8 Å². The number of likely N-dealkylation sites (tertiary alicyclic amines) is 1. The number of urea groups is 1. The molecule has 0 bridgehead atoms. The van der Waals surface area contributed by atoms with Crippen LogP contribution in [0.25, 0.3) is 0 Å². The van der Waals surface area contributed by atoms with Crippen molar-refractivity contribution < 1.29 is 14.4 Å². The Bertz CT molecular complexity index is 837. The highest BCUT2D eigenvalue weighted by Gasteiger charge is 2.19. The van der Waals surface area contributed by atoms with Gasteiger partial charge in [-0.15, -0.1) is 11.8 Å². The molecule has 4 amide bonds. The Morgan fingerprint density at radius 3 is 2.48 bits per heavy atom. The third-order valence-electron chi connectivity index (χ3n) is 4.50. The van der Waals surface area contributed by atoms with Crippen molar-refractivity contribution in [1.82, 2.24) is 20.5 Å². The van der Waals surface area contributed by atoms with Crippen molar-refractivity contribution in [1.29, 1.82) is 0 Å². The van der Waals surface area contributed by atoms with Gasteiger partial charge in [0, 0.05) is 38.0 Å². The topological polar surface area (TPSA) is 91.4 Å². The van der Waals surface area contributed by atoms with Gasteiger partial charge in [0.25, 0.3) is 5.91 Å². The number of thioether (sulfide) groups is 1. The van der Waals surface area contributed by atoms with Crippen LogP contribution >= 0.6 is 11.8 Å². The third-order valence-corrected chi connectivity index (χ3v) is 5.45. The second-order valence-electron chi connectivity index (χ2n) is 6.70. The van der Waals surface area contributed by atoms with Gasteiger partial charge in [-0.2, -0.15) is 0 Å². The average Bonchev–Trinajstić information content (AvgIpc) is 3.28. The molecule has 3 rings (SSSR count). The maximum Gasteiger partial charge on any atom is 0.321 e. The summed E-state index contributed by atoms with van der Waals surface area (Å²) in [5, 5.41) is 5.71. The molecule has 152 valence electrons. The predicted octanol–water partition coefficient (Wildman–Crippen LogP) is 2.83. The van der Waals surface area contributed by atoms with E-state index in [0.29, 0.717) is 17.9 Å². The van der Waals surface area contributed by atoms with E-state index in [9.17, 15) is 14.4 Å². The summed E-state index contributed by atoms with van der Waals surface area (Å²) >= 11 is 1.41. The molecular weight excluding hydrogens is 388 g/mol. The van der Waals surface area contributed by atoms with Gasteiger partial charge < -0.3 is 10.2 Å². The Hall–Kier alpha value is -2.87. The van der Waals surface area contributed by atoms with Crippen LogP contribution in [0.4, 0.5) is 4.79 Å². The highest BCUT2D eigenvalue weighted by atomic mass is 32.2. The van der Waals surface area contributed by atoms with E-state index in [4.69, 9.17) is 0 Å². The maximum atomic E-state index is 12.3. The second kappa shape index (κ2) is 10.6. The van der Waals surface area contributed by atoms with E-state index in [1.54, 1.807) is 18.3 Å². The van der Waals surface area contributed by atoms with E-state index in [0.717, 1.165) is 36.5 Å². The molecule has 0 unspecified atom stereocenters. The fourth-order valence-corrected chi connectivity index (χ4v) is 3.74. The molecule has 1 aliphatic rings. The Morgan fingerprint density at radius 2 is 1.79 bits per heavy atom. The molecule has 29 heavy (non-hydrogen) atoms. The lowest BCUT2D eigenvalue weighted by atomic mass is 10.2. The van der Waals surface area contributed by atoms with Crippen LogP contribution in [0.1, 0.15) is 35.2 Å². The molecule has 0 aliphatic carbocycles. The monoisotopic (exact) mass is 412 g/mol. The van der Waals surface area contributed by atoms with E-state index in [1.807, 2.05) is 35.2 Å². The lowest BCUT2D eigenvalue weighted by molar-refractivity contribution is -0.119. The number of amides is 4. The molecular formula is C21H24N4O3S. The van der Waals surface area contributed by atoms with Crippen LogP contribution in [0.2, 0.25) is 0 Å². The minimum Gasteiger partial charge on any atom is -0.339 e. The summed E-state index contributed by atoms with van der Waals surface area (Å²) < 4.78 is 0. The number of imide groups is 1. The van der Waals surface area contributed by atoms with Crippen LogP contribution in [-0.2, 0) is 11.3 Å². The normalized spacial score (nSPS) is 13.2. The van der Waals surface area contributed by atoms with E-state index in [2.05, 4.69) is 15.6 Å². The third kappa shape index (κ3) is 6.60. The molecule has 7 nitrogen and oxygen atoms in total. The number of rotatable bonds is 7. The van der Waals surface area contributed by atoms with Crippen molar-refractivity contribution in [3.05, 3.63) is 59.8 Å². The van der Waals surface area contributed by atoms with E-state index in [-0.39, 0.29) is 18.2 Å². The first-order valence-electron chi connectivity index (χ1n) is 9.61. The smallest absolute Gasteiger partial charge is 0.321 e. The predicted molar refractivity (Wildman–Crippen MR) is 112 cm³/mol. The van der Waals surface area contributed by atoms with E-state index < -0.39 is 6.03 Å². The second-order valence-corrected chi connectivity index (χ2v) is 7.81. The molecule has 1 fully saturated rings. The van der Waals surface area contributed by atoms with Crippen LogP contribution < -0.4 is 10.6 Å². The number of aromatic nitrogens is 1. The Morgan fingerprint density at radius 1 is 1.03 bits per heavy atom. The zero-order valence-corrected chi connectivity index (χ0v) is 16.9. The van der Waals surface area contributed by atoms with Crippen LogP contribution in [0.3, 0.4) is 0 Å². The number of hydrogen-bond donors (Lipinski definition) is 2. The molecule has 1 aromatic heterocycles. The molecule has 2 aromatic rings. The largest absolute Gasteiger partial charge is 0.339 e. The van der Waals surface area contributed by atoms with Crippen molar-refractivity contribution >= 4 is 29.6 Å². The summed E-state index contributed by atoms with van der Waals surface area (Å²) in [4.78, 5) is 42.1. The fraction of sp³-hybridized carbons (Fsp3) is 0.333. The highest BCUT2D eigenvalue weighted by molar-refractivity contribution is 7.99. The van der Waals surface area contributed by atoms with Crippen molar-refractivity contribution in [2.45, 2.75) is 30.8 Å². The lowest BCUT2D eigenvalue weighted by Crippen LogP contribution is -2.39. The zero-order chi connectivity index (χ0) is 20.5. The molecule has 1 aromatic carbocycles. The highest BCUT2D eigenvalue weighted by Crippen LogP contribution is 2.18. The van der Waals surface area contributed by atoms with Crippen LogP contribution in [-0.4, -0.2) is 46.6 Å². The minimum atomic E-state index is -0.508. The maximum absolute atomic E-state index is 12.3. The number of carbonyl (C=O) groups excluding carboxylic acids is 3. The summed E-state index contributed by atoms with van der Waals surface area (Å²) in [5.74, 6) is 0.167. The lowest BCUT2D eigenvalue weighted by Gasteiger charge is -2.14. The minimum absolute atomic E-state index is 0.0208. The van der Waals surface area contributed by atoms with Gasteiger partial charge >= 0.3 is 6.03 Å². The van der Waals surface area contributed by atoms with Gasteiger partial charge in [0.15, 0.2) is 0 Å². The van der Waals surface area contributed by atoms with Gasteiger partial charge in [0.1, 0.15) is 0 Å². The van der Waals surface area contributed by atoms with Crippen LogP contribution in [0, 0.1) is 0 Å². The van der Waals surface area contributed by atoms with Crippen molar-refractivity contribution in [3.8, 4) is 0 Å². The van der Waals surface area contributed by atoms with Gasteiger partial charge in [0.05, 0.1) is 10.6 Å². The summed E-state index contributed by atoms with van der Waals surface area (Å²) in [6.07, 6.45) is 3.89. The molecule has 8 heteroatoms. The van der Waals surface area contributed by atoms with Gasteiger partial charge in [0.2, 0.25) is 5.91 Å². The van der Waals surface area contributed by atoms with Gasteiger partial charge in [-0.1, -0.05) is 30.3 Å². The number of hydrogen-bond acceptors (Lipinski definition) is 5. The number of benzene rings is 1. The zero-order valence-electron chi connectivity index (χ0n) is 16.1. The summed E-state index contributed by atoms with van der Waals surface area (Å²) in [5.41, 5.74) is 1.55. The average molecular weight is 413 g/mol. The number of pyridine rings is 1. The Balaban J connectivity index is 1.35.